The van der Waals surface area contributed by atoms with Gasteiger partial charge >= 0.3 is 0 Å². The number of aryl methyl sites for hydroxylation is 1. The minimum Gasteiger partial charge on any atom is -0.496 e. The van der Waals surface area contributed by atoms with Crippen molar-refractivity contribution < 1.29 is 9.53 Å². The monoisotopic (exact) mass is 331 g/mol. The van der Waals surface area contributed by atoms with Crippen molar-refractivity contribution in [2.45, 2.75) is 18.8 Å². The summed E-state index contributed by atoms with van der Waals surface area (Å²) in [5.41, 5.74) is 2.82. The smallest absolute Gasteiger partial charge is 0.171 e. The highest BCUT2D eigenvalue weighted by Crippen LogP contribution is 2.35. The Morgan fingerprint density at radius 1 is 1.40 bits per heavy atom. The van der Waals surface area contributed by atoms with Crippen molar-refractivity contribution in [1.82, 2.24) is 4.98 Å². The van der Waals surface area contributed by atoms with Crippen LogP contribution in [0.5, 0.6) is 5.75 Å². The van der Waals surface area contributed by atoms with E-state index in [0.29, 0.717) is 5.56 Å². The molecule has 1 heterocycles. The number of benzene rings is 1. The number of carbonyl (C=O) groups excluding carboxylic acids is 1. The molecule has 2 aromatic rings. The molecule has 3 nitrogen and oxygen atoms in total. The van der Waals surface area contributed by atoms with Crippen molar-refractivity contribution in [3.8, 4) is 5.75 Å². The molecule has 1 atom stereocenters. The number of nitrogens with zero attached hydrogens (tertiary/aromatic N) is 1. The van der Waals surface area contributed by atoms with Gasteiger partial charge in [0.25, 0.3) is 0 Å². The van der Waals surface area contributed by atoms with Crippen LogP contribution in [0.2, 0.25) is 0 Å². The maximum Gasteiger partial charge on any atom is 0.171 e. The van der Waals surface area contributed by atoms with Gasteiger partial charge in [-0.05, 0) is 58.6 Å². The molecule has 1 aliphatic rings. The lowest BCUT2D eigenvalue weighted by Crippen LogP contribution is -2.11. The molecule has 0 saturated carbocycles. The number of ketones is 1. The highest BCUT2D eigenvalue weighted by molar-refractivity contribution is 9.10. The van der Waals surface area contributed by atoms with Gasteiger partial charge in [-0.15, -0.1) is 0 Å². The Labute approximate surface area is 126 Å². The van der Waals surface area contributed by atoms with Crippen LogP contribution in [0.25, 0.3) is 0 Å². The van der Waals surface area contributed by atoms with E-state index in [1.54, 1.807) is 13.3 Å². The quantitative estimate of drug-likeness (QED) is 0.804. The van der Waals surface area contributed by atoms with Crippen LogP contribution in [0.3, 0.4) is 0 Å². The first-order valence-electron chi connectivity index (χ1n) is 6.52. The summed E-state index contributed by atoms with van der Waals surface area (Å²) >= 11 is 3.42. The fourth-order valence-corrected chi connectivity index (χ4v) is 3.23. The van der Waals surface area contributed by atoms with E-state index in [0.717, 1.165) is 28.8 Å². The molecular weight excluding hydrogens is 318 g/mol. The molecule has 1 aromatic heterocycles. The van der Waals surface area contributed by atoms with Crippen LogP contribution in [0, 0.1) is 0 Å². The molecule has 0 amide bonds. The van der Waals surface area contributed by atoms with Gasteiger partial charge < -0.3 is 4.74 Å². The highest BCUT2D eigenvalue weighted by atomic mass is 79.9. The van der Waals surface area contributed by atoms with E-state index in [1.807, 2.05) is 24.3 Å². The van der Waals surface area contributed by atoms with E-state index in [4.69, 9.17) is 4.74 Å². The molecule has 0 saturated heterocycles. The molecule has 0 fully saturated rings. The number of aromatic nitrogens is 1. The SMILES string of the molecule is COc1ccc(C(=O)C2CCc3cccnc32)cc1Br. The summed E-state index contributed by atoms with van der Waals surface area (Å²) in [4.78, 5) is 17.0. The maximum absolute atomic E-state index is 12.7. The van der Waals surface area contributed by atoms with E-state index in [9.17, 15) is 4.79 Å². The maximum atomic E-state index is 12.7. The molecule has 102 valence electrons. The summed E-state index contributed by atoms with van der Waals surface area (Å²) in [6.45, 7) is 0. The molecule has 20 heavy (non-hydrogen) atoms. The van der Waals surface area contributed by atoms with Gasteiger partial charge in [0.1, 0.15) is 5.75 Å². The van der Waals surface area contributed by atoms with Crippen molar-refractivity contribution >= 4 is 21.7 Å². The molecule has 1 aromatic carbocycles. The Bertz CT molecular complexity index is 669. The zero-order valence-electron chi connectivity index (χ0n) is 11.1. The normalized spacial score (nSPS) is 16.8. The van der Waals surface area contributed by atoms with E-state index in [-0.39, 0.29) is 11.7 Å². The Balaban J connectivity index is 1.93. The molecule has 1 unspecified atom stereocenters. The molecule has 3 rings (SSSR count). The van der Waals surface area contributed by atoms with E-state index >= 15 is 0 Å². The molecule has 0 bridgehead atoms. The minimum atomic E-state index is -0.119. The van der Waals surface area contributed by atoms with Crippen LogP contribution >= 0.6 is 15.9 Å². The largest absolute Gasteiger partial charge is 0.496 e. The fraction of sp³-hybridized carbons (Fsp3) is 0.250. The van der Waals surface area contributed by atoms with E-state index < -0.39 is 0 Å². The molecule has 1 aliphatic carbocycles. The predicted molar refractivity (Wildman–Crippen MR) is 80.3 cm³/mol. The topological polar surface area (TPSA) is 39.2 Å². The summed E-state index contributed by atoms with van der Waals surface area (Å²) in [5.74, 6) is 0.740. The first kappa shape index (κ1) is 13.3. The van der Waals surface area contributed by atoms with Gasteiger partial charge in [0.15, 0.2) is 5.78 Å². The Hall–Kier alpha value is -1.68. The Kier molecular flexibility index (Phi) is 3.57. The van der Waals surface area contributed by atoms with Gasteiger partial charge in [-0.3, -0.25) is 9.78 Å². The zero-order chi connectivity index (χ0) is 14.1. The van der Waals surface area contributed by atoms with Gasteiger partial charge in [-0.2, -0.15) is 0 Å². The number of methoxy groups -OCH3 is 1. The average Bonchev–Trinajstić information content (AvgIpc) is 2.90. The van der Waals surface area contributed by atoms with Crippen LogP contribution in [-0.4, -0.2) is 17.9 Å². The van der Waals surface area contributed by atoms with Crippen LogP contribution in [-0.2, 0) is 6.42 Å². The second-order valence-electron chi connectivity index (χ2n) is 4.85. The highest BCUT2D eigenvalue weighted by Gasteiger charge is 2.30. The van der Waals surface area contributed by atoms with Gasteiger partial charge in [-0.25, -0.2) is 0 Å². The molecule has 0 N–H and O–H groups in total. The summed E-state index contributed by atoms with van der Waals surface area (Å²) in [6, 6.07) is 9.43. The average molecular weight is 332 g/mol. The van der Waals surface area contributed by atoms with Crippen LogP contribution in [0.4, 0.5) is 0 Å². The van der Waals surface area contributed by atoms with Gasteiger partial charge in [-0.1, -0.05) is 6.07 Å². The third-order valence-corrected chi connectivity index (χ3v) is 4.33. The molecule has 0 aliphatic heterocycles. The summed E-state index contributed by atoms with van der Waals surface area (Å²) in [6.07, 6.45) is 3.53. The number of hydrogen-bond acceptors (Lipinski definition) is 3. The third-order valence-electron chi connectivity index (χ3n) is 3.71. The van der Waals surface area contributed by atoms with E-state index in [1.165, 1.54) is 5.56 Å². The Morgan fingerprint density at radius 3 is 3.00 bits per heavy atom. The first-order valence-corrected chi connectivity index (χ1v) is 7.31. The number of carbonyl (C=O) groups is 1. The van der Waals surface area contributed by atoms with Gasteiger partial charge in [0.05, 0.1) is 23.2 Å². The van der Waals surface area contributed by atoms with Crippen LogP contribution in [0.1, 0.15) is 34.0 Å². The third kappa shape index (κ3) is 2.24. The zero-order valence-corrected chi connectivity index (χ0v) is 12.7. The number of pyridine rings is 1. The Morgan fingerprint density at radius 2 is 2.25 bits per heavy atom. The fourth-order valence-electron chi connectivity index (χ4n) is 2.69. The predicted octanol–water partition coefficient (Wildman–Crippen LogP) is 3.77. The first-order chi connectivity index (χ1) is 9.70. The van der Waals surface area contributed by atoms with Crippen LogP contribution in [0.15, 0.2) is 41.0 Å². The lowest BCUT2D eigenvalue weighted by atomic mass is 9.95. The van der Waals surface area contributed by atoms with Crippen molar-refractivity contribution in [3.63, 3.8) is 0 Å². The number of hydrogen-bond donors (Lipinski definition) is 0. The number of ether oxygens (including phenoxy) is 1. The van der Waals surface area contributed by atoms with Crippen molar-refractivity contribution in [2.75, 3.05) is 7.11 Å². The summed E-state index contributed by atoms with van der Waals surface area (Å²) < 4.78 is 5.99. The summed E-state index contributed by atoms with van der Waals surface area (Å²) in [5, 5.41) is 0. The van der Waals surface area contributed by atoms with Crippen molar-refractivity contribution in [3.05, 3.63) is 57.8 Å². The number of halogens is 1. The molecule has 4 heteroatoms. The van der Waals surface area contributed by atoms with Crippen molar-refractivity contribution in [2.24, 2.45) is 0 Å². The van der Waals surface area contributed by atoms with E-state index in [2.05, 4.69) is 27.0 Å². The molecule has 0 spiro atoms. The summed E-state index contributed by atoms with van der Waals surface area (Å²) in [7, 11) is 1.61. The van der Waals surface area contributed by atoms with Gasteiger partial charge in [0, 0.05) is 11.8 Å². The van der Waals surface area contributed by atoms with Crippen molar-refractivity contribution in [1.29, 1.82) is 0 Å². The lowest BCUT2D eigenvalue weighted by molar-refractivity contribution is 0.0958. The van der Waals surface area contributed by atoms with Crippen LogP contribution < -0.4 is 4.74 Å². The second kappa shape index (κ2) is 5.37. The minimum absolute atomic E-state index is 0.119. The lowest BCUT2D eigenvalue weighted by Gasteiger charge is -2.11. The number of rotatable bonds is 3. The molecular formula is C16H14BrNO2. The molecule has 0 radical (unpaired) electrons. The number of fused-ring (bicyclic) bond motifs is 1. The second-order valence-corrected chi connectivity index (χ2v) is 5.71. The number of Topliss-reactive ketones (excluding diaryl/α,β-unsaturated/α-hetero) is 1. The van der Waals surface area contributed by atoms with Gasteiger partial charge in [0.2, 0.25) is 0 Å². The standard InChI is InChI=1S/C16H14BrNO2/c1-20-14-7-5-11(9-13(14)17)16(19)12-6-4-10-3-2-8-18-15(10)12/h2-3,5,7-9,12H,4,6H2,1H3.